The Morgan fingerprint density at radius 1 is 1.10 bits per heavy atom. The van der Waals surface area contributed by atoms with E-state index in [0.29, 0.717) is 6.04 Å². The number of ether oxygens (including phenoxy) is 2. The minimum absolute atomic E-state index is 0.151. The molecule has 3 nitrogen and oxygen atoms in total. The van der Waals surface area contributed by atoms with Gasteiger partial charge in [0.05, 0.1) is 13.2 Å². The molecule has 1 rings (SSSR count). The zero-order valence-corrected chi connectivity index (χ0v) is 14.4. The first-order valence-electron chi connectivity index (χ1n) is 8.03. The van der Waals surface area contributed by atoms with Crippen LogP contribution in [0.2, 0.25) is 0 Å². The Kier molecular flexibility index (Phi) is 7.58. The smallest absolute Gasteiger partial charge is 0.161 e. The SMILES string of the molecule is CCC(C)CC(C)NCc1ccc(OC(C)C)c(OC)c1. The normalized spacial score (nSPS) is 14.0. The Hall–Kier alpha value is -1.22. The van der Waals surface area contributed by atoms with Crippen molar-refractivity contribution in [3.63, 3.8) is 0 Å². The Labute approximate surface area is 130 Å². The molecule has 0 aliphatic rings. The van der Waals surface area contributed by atoms with Crippen LogP contribution in [0.15, 0.2) is 18.2 Å². The Bertz CT molecular complexity index is 418. The summed E-state index contributed by atoms with van der Waals surface area (Å²) in [6, 6.07) is 6.68. The van der Waals surface area contributed by atoms with Crippen molar-refractivity contribution < 1.29 is 9.47 Å². The number of hydrogen-bond acceptors (Lipinski definition) is 3. The largest absolute Gasteiger partial charge is 0.493 e. The average Bonchev–Trinajstić information content (AvgIpc) is 2.45. The van der Waals surface area contributed by atoms with E-state index in [2.05, 4.69) is 38.2 Å². The molecule has 1 aromatic rings. The van der Waals surface area contributed by atoms with Crippen molar-refractivity contribution in [2.75, 3.05) is 7.11 Å². The zero-order valence-electron chi connectivity index (χ0n) is 14.4. The van der Waals surface area contributed by atoms with Crippen LogP contribution >= 0.6 is 0 Å². The van der Waals surface area contributed by atoms with Gasteiger partial charge in [-0.15, -0.1) is 0 Å². The minimum Gasteiger partial charge on any atom is -0.493 e. The molecule has 1 aromatic carbocycles. The highest BCUT2D eigenvalue weighted by Crippen LogP contribution is 2.29. The van der Waals surface area contributed by atoms with E-state index in [0.717, 1.165) is 24.0 Å². The highest BCUT2D eigenvalue weighted by Gasteiger charge is 2.09. The molecule has 3 heteroatoms. The van der Waals surface area contributed by atoms with Gasteiger partial charge >= 0.3 is 0 Å². The lowest BCUT2D eigenvalue weighted by atomic mass is 10.0. The van der Waals surface area contributed by atoms with Crippen LogP contribution in [0.3, 0.4) is 0 Å². The summed E-state index contributed by atoms with van der Waals surface area (Å²) in [4.78, 5) is 0. The lowest BCUT2D eigenvalue weighted by molar-refractivity contribution is 0.230. The Morgan fingerprint density at radius 2 is 1.81 bits per heavy atom. The monoisotopic (exact) mass is 293 g/mol. The average molecular weight is 293 g/mol. The maximum absolute atomic E-state index is 5.74. The fourth-order valence-corrected chi connectivity index (χ4v) is 2.32. The van der Waals surface area contributed by atoms with Gasteiger partial charge in [-0.2, -0.15) is 0 Å². The standard InChI is InChI=1S/C18H31NO2/c1-7-14(4)10-15(5)19-12-16-8-9-17(21-13(2)3)18(11-16)20-6/h8-9,11,13-15,19H,7,10,12H2,1-6H3. The fourth-order valence-electron chi connectivity index (χ4n) is 2.32. The van der Waals surface area contributed by atoms with E-state index < -0.39 is 0 Å². The molecule has 0 radical (unpaired) electrons. The molecule has 120 valence electrons. The molecule has 0 spiro atoms. The van der Waals surface area contributed by atoms with Crippen molar-refractivity contribution in [1.29, 1.82) is 0 Å². The number of methoxy groups -OCH3 is 1. The maximum atomic E-state index is 5.74. The molecule has 0 aromatic heterocycles. The van der Waals surface area contributed by atoms with Crippen LogP contribution in [0.5, 0.6) is 11.5 Å². The number of nitrogens with one attached hydrogen (secondary N) is 1. The van der Waals surface area contributed by atoms with Crippen LogP contribution in [0, 0.1) is 5.92 Å². The van der Waals surface area contributed by atoms with E-state index in [1.54, 1.807) is 7.11 Å². The predicted octanol–water partition coefficient (Wildman–Crippen LogP) is 4.40. The molecule has 1 N–H and O–H groups in total. The van der Waals surface area contributed by atoms with Crippen molar-refractivity contribution in [2.45, 2.75) is 66.2 Å². The highest BCUT2D eigenvalue weighted by atomic mass is 16.5. The van der Waals surface area contributed by atoms with Gasteiger partial charge in [-0.25, -0.2) is 0 Å². The van der Waals surface area contributed by atoms with Crippen LogP contribution in [-0.2, 0) is 6.54 Å². The van der Waals surface area contributed by atoms with E-state index in [4.69, 9.17) is 9.47 Å². The molecule has 2 atom stereocenters. The summed E-state index contributed by atoms with van der Waals surface area (Å²) >= 11 is 0. The summed E-state index contributed by atoms with van der Waals surface area (Å²) in [6.07, 6.45) is 2.60. The van der Waals surface area contributed by atoms with Gasteiger partial charge in [-0.05, 0) is 50.8 Å². The van der Waals surface area contributed by atoms with Crippen LogP contribution in [0.4, 0.5) is 0 Å². The van der Waals surface area contributed by atoms with Gasteiger partial charge in [0.2, 0.25) is 0 Å². The first-order valence-corrected chi connectivity index (χ1v) is 8.03. The fraction of sp³-hybridized carbons (Fsp3) is 0.667. The van der Waals surface area contributed by atoms with Crippen molar-refractivity contribution in [3.05, 3.63) is 23.8 Å². The molecule has 0 fully saturated rings. The molecule has 21 heavy (non-hydrogen) atoms. The van der Waals surface area contributed by atoms with Crippen molar-refractivity contribution in [1.82, 2.24) is 5.32 Å². The Morgan fingerprint density at radius 3 is 2.38 bits per heavy atom. The minimum atomic E-state index is 0.151. The van der Waals surface area contributed by atoms with Crippen LogP contribution in [0.25, 0.3) is 0 Å². The van der Waals surface area contributed by atoms with Gasteiger partial charge in [-0.3, -0.25) is 0 Å². The molecular weight excluding hydrogens is 262 g/mol. The first-order chi connectivity index (χ1) is 9.96. The lowest BCUT2D eigenvalue weighted by Gasteiger charge is -2.18. The number of rotatable bonds is 9. The molecule has 0 saturated heterocycles. The summed E-state index contributed by atoms with van der Waals surface area (Å²) in [5, 5.41) is 3.58. The third-order valence-electron chi connectivity index (χ3n) is 3.70. The molecule has 0 aliphatic carbocycles. The summed E-state index contributed by atoms with van der Waals surface area (Å²) in [5.41, 5.74) is 1.22. The van der Waals surface area contributed by atoms with Crippen LogP contribution in [-0.4, -0.2) is 19.3 Å². The Balaban J connectivity index is 2.60. The number of benzene rings is 1. The molecule has 2 unspecified atom stereocenters. The lowest BCUT2D eigenvalue weighted by Crippen LogP contribution is -2.27. The molecule has 0 saturated carbocycles. The zero-order chi connectivity index (χ0) is 15.8. The van der Waals surface area contributed by atoms with Crippen molar-refractivity contribution >= 4 is 0 Å². The highest BCUT2D eigenvalue weighted by molar-refractivity contribution is 5.43. The van der Waals surface area contributed by atoms with Gasteiger partial charge < -0.3 is 14.8 Å². The second-order valence-corrected chi connectivity index (χ2v) is 6.18. The van der Waals surface area contributed by atoms with Gasteiger partial charge in [-0.1, -0.05) is 26.3 Å². The van der Waals surface area contributed by atoms with Crippen molar-refractivity contribution in [2.24, 2.45) is 5.92 Å². The summed E-state index contributed by atoms with van der Waals surface area (Å²) < 4.78 is 11.2. The van der Waals surface area contributed by atoms with Crippen molar-refractivity contribution in [3.8, 4) is 11.5 Å². The third kappa shape index (κ3) is 6.38. The predicted molar refractivity (Wildman–Crippen MR) is 89.1 cm³/mol. The summed E-state index contributed by atoms with van der Waals surface area (Å²) in [5.74, 6) is 2.38. The van der Waals surface area contributed by atoms with E-state index >= 15 is 0 Å². The molecule has 0 bridgehead atoms. The molecule has 0 aliphatic heterocycles. The second-order valence-electron chi connectivity index (χ2n) is 6.18. The second kappa shape index (κ2) is 8.93. The van der Waals surface area contributed by atoms with E-state index in [-0.39, 0.29) is 6.10 Å². The van der Waals surface area contributed by atoms with Crippen LogP contribution in [0.1, 0.15) is 53.0 Å². The topological polar surface area (TPSA) is 30.5 Å². The first kappa shape index (κ1) is 17.8. The van der Waals surface area contributed by atoms with Gasteiger partial charge in [0.1, 0.15) is 0 Å². The van der Waals surface area contributed by atoms with E-state index in [9.17, 15) is 0 Å². The summed E-state index contributed by atoms with van der Waals surface area (Å²) in [6.45, 7) is 11.7. The quantitative estimate of drug-likeness (QED) is 0.732. The van der Waals surface area contributed by atoms with E-state index in [1.165, 1.54) is 18.4 Å². The molecule has 0 amide bonds. The van der Waals surface area contributed by atoms with Crippen LogP contribution < -0.4 is 14.8 Å². The number of hydrogen-bond donors (Lipinski definition) is 1. The van der Waals surface area contributed by atoms with Gasteiger partial charge in [0.25, 0.3) is 0 Å². The maximum Gasteiger partial charge on any atom is 0.161 e. The summed E-state index contributed by atoms with van der Waals surface area (Å²) in [7, 11) is 1.69. The van der Waals surface area contributed by atoms with Gasteiger partial charge in [0, 0.05) is 12.6 Å². The van der Waals surface area contributed by atoms with E-state index in [1.807, 2.05) is 19.9 Å². The third-order valence-corrected chi connectivity index (χ3v) is 3.70. The molecular formula is C18H31NO2. The molecule has 0 heterocycles. The van der Waals surface area contributed by atoms with Gasteiger partial charge in [0.15, 0.2) is 11.5 Å².